The van der Waals surface area contributed by atoms with Crippen LogP contribution in [0.1, 0.15) is 19.3 Å². The Kier molecular flexibility index (Phi) is 6.91. The molecule has 0 aliphatic carbocycles. The van der Waals surface area contributed by atoms with Crippen molar-refractivity contribution < 1.29 is 27.4 Å². The molecule has 23 heavy (non-hydrogen) atoms. The summed E-state index contributed by atoms with van der Waals surface area (Å²) in [6.45, 7) is 2.12. The van der Waals surface area contributed by atoms with Gasteiger partial charge in [0.1, 0.15) is 6.73 Å². The van der Waals surface area contributed by atoms with Crippen molar-refractivity contribution in [1.29, 1.82) is 0 Å². The summed E-state index contributed by atoms with van der Waals surface area (Å²) in [7, 11) is 0. The average Bonchev–Trinajstić information content (AvgIpc) is 2.53. The highest BCUT2D eigenvalue weighted by Gasteiger charge is 2.29. The van der Waals surface area contributed by atoms with Crippen molar-refractivity contribution in [3.8, 4) is 0 Å². The van der Waals surface area contributed by atoms with Crippen LogP contribution in [0.3, 0.4) is 0 Å². The predicted molar refractivity (Wildman–Crippen MR) is 77.0 cm³/mol. The summed E-state index contributed by atoms with van der Waals surface area (Å²) >= 11 is 0. The van der Waals surface area contributed by atoms with E-state index in [2.05, 4.69) is 5.32 Å². The van der Waals surface area contributed by atoms with E-state index < -0.39 is 12.7 Å². The maximum absolute atomic E-state index is 12.2. The van der Waals surface area contributed by atoms with Gasteiger partial charge in [-0.3, -0.25) is 4.90 Å². The Morgan fingerprint density at radius 2 is 1.96 bits per heavy atom. The molecule has 2 saturated heterocycles. The molecule has 9 heteroatoms. The zero-order valence-electron chi connectivity index (χ0n) is 13.1. The van der Waals surface area contributed by atoms with Gasteiger partial charge >= 0.3 is 12.3 Å². The molecule has 134 valence electrons. The van der Waals surface area contributed by atoms with E-state index in [1.807, 2.05) is 4.90 Å². The van der Waals surface area contributed by atoms with Crippen LogP contribution in [0.4, 0.5) is 18.0 Å². The van der Waals surface area contributed by atoms with Crippen molar-refractivity contribution in [2.45, 2.75) is 31.5 Å². The molecule has 1 N–H and O–H groups in total. The van der Waals surface area contributed by atoms with E-state index in [4.69, 9.17) is 9.47 Å². The molecule has 0 bridgehead atoms. The molecule has 0 aromatic heterocycles. The van der Waals surface area contributed by atoms with Crippen molar-refractivity contribution in [2.24, 2.45) is 0 Å². The first-order valence-electron chi connectivity index (χ1n) is 7.97. The first kappa shape index (κ1) is 18.3. The Morgan fingerprint density at radius 3 is 2.65 bits per heavy atom. The molecule has 6 nitrogen and oxygen atoms in total. The van der Waals surface area contributed by atoms with Gasteiger partial charge < -0.3 is 19.7 Å². The van der Waals surface area contributed by atoms with Crippen molar-refractivity contribution in [2.75, 3.05) is 52.7 Å². The molecule has 0 saturated carbocycles. The van der Waals surface area contributed by atoms with E-state index in [9.17, 15) is 18.0 Å². The van der Waals surface area contributed by atoms with Gasteiger partial charge in [-0.05, 0) is 12.8 Å². The number of piperidine rings is 1. The molecule has 0 aromatic carbocycles. The van der Waals surface area contributed by atoms with Gasteiger partial charge in [0, 0.05) is 32.2 Å². The zero-order chi connectivity index (χ0) is 16.7. The Balaban J connectivity index is 1.73. The number of nitrogens with zero attached hydrogens (tertiary/aromatic N) is 2. The number of morpholine rings is 1. The van der Waals surface area contributed by atoms with Gasteiger partial charge in [0.25, 0.3) is 0 Å². The fraction of sp³-hybridized carbons (Fsp3) is 0.929. The molecular formula is C14H24F3N3O3. The van der Waals surface area contributed by atoms with E-state index in [0.29, 0.717) is 26.3 Å². The van der Waals surface area contributed by atoms with Crippen LogP contribution >= 0.6 is 0 Å². The molecule has 2 fully saturated rings. The molecule has 2 rings (SSSR count). The number of carbonyl (C=O) groups is 1. The number of nitrogens with one attached hydrogen (secondary N) is 1. The second-order valence-corrected chi connectivity index (χ2v) is 5.85. The maximum atomic E-state index is 12.2. The minimum absolute atomic E-state index is 0.0383. The van der Waals surface area contributed by atoms with Crippen LogP contribution in [0.15, 0.2) is 0 Å². The lowest BCUT2D eigenvalue weighted by Crippen LogP contribution is -2.49. The van der Waals surface area contributed by atoms with Gasteiger partial charge in [-0.15, -0.1) is 0 Å². The van der Waals surface area contributed by atoms with Crippen LogP contribution < -0.4 is 5.32 Å². The average molecular weight is 339 g/mol. The summed E-state index contributed by atoms with van der Waals surface area (Å²) in [5.41, 5.74) is 0. The van der Waals surface area contributed by atoms with E-state index in [1.165, 1.54) is 0 Å². The highest BCUT2D eigenvalue weighted by atomic mass is 19.4. The number of halogens is 3. The fourth-order valence-corrected chi connectivity index (χ4v) is 2.82. The molecule has 0 radical (unpaired) electrons. The third-order valence-electron chi connectivity index (χ3n) is 4.08. The summed E-state index contributed by atoms with van der Waals surface area (Å²) in [6, 6.07) is -0.0383. The Bertz CT molecular complexity index is 376. The maximum Gasteiger partial charge on any atom is 0.411 e. The molecule has 1 amide bonds. The number of carbonyl (C=O) groups excluding carboxylic acids is 1. The molecule has 2 aliphatic rings. The zero-order valence-corrected chi connectivity index (χ0v) is 13.1. The predicted octanol–water partition coefficient (Wildman–Crippen LogP) is 1.42. The summed E-state index contributed by atoms with van der Waals surface area (Å²) in [4.78, 5) is 15.5. The largest absolute Gasteiger partial charge is 0.433 e. The third-order valence-corrected chi connectivity index (χ3v) is 4.08. The molecule has 0 spiro atoms. The van der Waals surface area contributed by atoms with Gasteiger partial charge in [-0.2, -0.15) is 13.2 Å². The van der Waals surface area contributed by atoms with E-state index in [1.54, 1.807) is 4.90 Å². The Labute approximate surface area is 133 Å². The van der Waals surface area contributed by atoms with Crippen LogP contribution in [-0.2, 0) is 9.47 Å². The molecule has 2 aliphatic heterocycles. The second kappa shape index (κ2) is 8.70. The first-order chi connectivity index (χ1) is 11.0. The summed E-state index contributed by atoms with van der Waals surface area (Å²) in [6.07, 6.45) is -1.85. The molecular weight excluding hydrogens is 315 g/mol. The van der Waals surface area contributed by atoms with Gasteiger partial charge in [0.15, 0.2) is 0 Å². The van der Waals surface area contributed by atoms with Crippen molar-refractivity contribution in [3.05, 3.63) is 0 Å². The second-order valence-electron chi connectivity index (χ2n) is 5.85. The Hall–Kier alpha value is -1.06. The number of likely N-dealkylation sites (tertiary alicyclic amines) is 1. The van der Waals surface area contributed by atoms with E-state index in [-0.39, 0.29) is 25.4 Å². The van der Waals surface area contributed by atoms with Gasteiger partial charge in [0.05, 0.1) is 19.8 Å². The summed E-state index contributed by atoms with van der Waals surface area (Å²) in [5.74, 6) is 0. The van der Waals surface area contributed by atoms with Crippen LogP contribution in [0.25, 0.3) is 0 Å². The number of ether oxygens (including phenoxy) is 2. The normalized spacial score (nSPS) is 23.8. The molecule has 2 heterocycles. The minimum atomic E-state index is -4.21. The lowest BCUT2D eigenvalue weighted by atomic mass is 10.0. The number of rotatable bonds is 5. The first-order valence-corrected chi connectivity index (χ1v) is 7.97. The van der Waals surface area contributed by atoms with Crippen molar-refractivity contribution in [1.82, 2.24) is 15.1 Å². The lowest BCUT2D eigenvalue weighted by Gasteiger charge is -2.36. The lowest BCUT2D eigenvalue weighted by molar-refractivity contribution is -0.125. The topological polar surface area (TPSA) is 54.0 Å². The van der Waals surface area contributed by atoms with Crippen LogP contribution in [0, 0.1) is 0 Å². The summed E-state index contributed by atoms with van der Waals surface area (Å²) < 4.78 is 47.1. The monoisotopic (exact) mass is 339 g/mol. The van der Waals surface area contributed by atoms with Crippen molar-refractivity contribution >= 4 is 6.09 Å². The van der Waals surface area contributed by atoms with Crippen LogP contribution in [0.5, 0.6) is 0 Å². The minimum Gasteiger partial charge on any atom is -0.433 e. The highest BCUT2D eigenvalue weighted by Crippen LogP contribution is 2.18. The standard InChI is InChI=1S/C14H24F3N3O3/c15-14(16,17)10-18-9-12-3-1-2-4-20(12)11-23-13(21)19-5-7-22-8-6-19/h12,18H,1-11H2. The van der Waals surface area contributed by atoms with E-state index in [0.717, 1.165) is 25.8 Å². The number of amides is 1. The Morgan fingerprint density at radius 1 is 1.22 bits per heavy atom. The molecule has 0 aromatic rings. The van der Waals surface area contributed by atoms with Crippen molar-refractivity contribution in [3.63, 3.8) is 0 Å². The molecule has 1 atom stereocenters. The van der Waals surface area contributed by atoms with E-state index >= 15 is 0 Å². The summed E-state index contributed by atoms with van der Waals surface area (Å²) in [5, 5.41) is 2.44. The quantitative estimate of drug-likeness (QED) is 0.821. The van der Waals surface area contributed by atoms with Gasteiger partial charge in [0.2, 0.25) is 0 Å². The van der Waals surface area contributed by atoms with Gasteiger partial charge in [-0.1, -0.05) is 6.42 Å². The fourth-order valence-electron chi connectivity index (χ4n) is 2.82. The third kappa shape index (κ3) is 6.52. The number of hydrogen-bond donors (Lipinski definition) is 1. The number of hydrogen-bond acceptors (Lipinski definition) is 5. The van der Waals surface area contributed by atoms with Gasteiger partial charge in [-0.25, -0.2) is 4.79 Å². The number of alkyl halides is 3. The smallest absolute Gasteiger partial charge is 0.411 e. The molecule has 1 unspecified atom stereocenters. The van der Waals surface area contributed by atoms with Crippen LogP contribution in [-0.4, -0.2) is 80.8 Å². The highest BCUT2D eigenvalue weighted by molar-refractivity contribution is 5.67. The van der Waals surface area contributed by atoms with Crippen LogP contribution in [0.2, 0.25) is 0 Å². The SMILES string of the molecule is O=C(OCN1CCCCC1CNCC(F)(F)F)N1CCOCC1.